The molecule has 23 heavy (non-hydrogen) atoms. The summed E-state index contributed by atoms with van der Waals surface area (Å²) in [5.41, 5.74) is 1.52. The van der Waals surface area contributed by atoms with Gasteiger partial charge in [0.2, 0.25) is 0 Å². The fourth-order valence-electron chi connectivity index (χ4n) is 2.06. The van der Waals surface area contributed by atoms with Gasteiger partial charge in [0, 0.05) is 12.4 Å². The van der Waals surface area contributed by atoms with Crippen LogP contribution in [0.4, 0.5) is 5.69 Å². The second-order valence-corrected chi connectivity index (χ2v) is 6.33. The Labute approximate surface area is 141 Å². The van der Waals surface area contributed by atoms with Crippen LogP contribution in [0, 0.1) is 0 Å². The maximum absolute atomic E-state index is 12.6. The number of thioether (sulfide) groups is 1. The first-order valence-electron chi connectivity index (χ1n) is 6.57. The molecule has 1 amide bonds. The zero-order valence-corrected chi connectivity index (χ0v) is 13.3. The number of hydrogen-bond acceptors (Lipinski definition) is 5. The van der Waals surface area contributed by atoms with E-state index in [9.17, 15) is 9.59 Å². The molecule has 0 atom stereocenters. The summed E-state index contributed by atoms with van der Waals surface area (Å²) in [6.45, 7) is 0. The molecule has 1 aliphatic rings. The molecule has 0 radical (unpaired) electrons. The van der Waals surface area contributed by atoms with E-state index < -0.39 is 5.97 Å². The highest BCUT2D eigenvalue weighted by Gasteiger charge is 2.33. The summed E-state index contributed by atoms with van der Waals surface area (Å²) in [7, 11) is 0. The van der Waals surface area contributed by atoms with Crippen molar-refractivity contribution in [2.45, 2.75) is 0 Å². The van der Waals surface area contributed by atoms with Crippen LogP contribution in [0.5, 0.6) is 0 Å². The first-order valence-corrected chi connectivity index (χ1v) is 7.80. The Kier molecular flexibility index (Phi) is 4.22. The minimum atomic E-state index is -1.02. The number of amides is 1. The standard InChI is InChI=1S/C16H10N2O3S2/c19-14-13(8-10-2-1-7-17-9-10)23-16(22)18(14)12-5-3-11(4-6-12)15(20)21/h1-9H,(H,20,21)/b13-8+. The predicted octanol–water partition coefficient (Wildman–Crippen LogP) is 3.19. The van der Waals surface area contributed by atoms with Gasteiger partial charge in [0.05, 0.1) is 16.2 Å². The highest BCUT2D eigenvalue weighted by Crippen LogP contribution is 2.35. The summed E-state index contributed by atoms with van der Waals surface area (Å²) in [5, 5.41) is 8.93. The van der Waals surface area contributed by atoms with Crippen LogP contribution in [0.2, 0.25) is 0 Å². The minimum Gasteiger partial charge on any atom is -0.478 e. The molecule has 5 nitrogen and oxygen atoms in total. The van der Waals surface area contributed by atoms with Crippen molar-refractivity contribution in [2.75, 3.05) is 4.90 Å². The number of carbonyl (C=O) groups is 2. The quantitative estimate of drug-likeness (QED) is 0.682. The summed E-state index contributed by atoms with van der Waals surface area (Å²) in [6.07, 6.45) is 5.05. The van der Waals surface area contributed by atoms with Crippen LogP contribution in [-0.2, 0) is 4.79 Å². The molecule has 1 fully saturated rings. The molecule has 1 aromatic heterocycles. The van der Waals surface area contributed by atoms with E-state index in [2.05, 4.69) is 4.98 Å². The molecule has 1 aliphatic heterocycles. The van der Waals surface area contributed by atoms with Gasteiger partial charge < -0.3 is 5.11 Å². The Bertz CT molecular complexity index is 817. The SMILES string of the molecule is O=C(O)c1ccc(N2C(=O)/C(=C\c3cccnc3)SC2=S)cc1. The molecule has 0 unspecified atom stereocenters. The molecule has 3 rings (SSSR count). The van der Waals surface area contributed by atoms with Crippen LogP contribution in [-0.4, -0.2) is 26.3 Å². The van der Waals surface area contributed by atoms with E-state index in [1.165, 1.54) is 28.8 Å². The lowest BCUT2D eigenvalue weighted by atomic mass is 10.2. The number of carbonyl (C=O) groups excluding carboxylic acids is 1. The maximum atomic E-state index is 12.6. The Balaban J connectivity index is 1.90. The summed E-state index contributed by atoms with van der Waals surface area (Å²) in [6, 6.07) is 9.67. The van der Waals surface area contributed by atoms with Crippen LogP contribution < -0.4 is 4.90 Å². The number of aromatic nitrogens is 1. The zero-order valence-electron chi connectivity index (χ0n) is 11.7. The van der Waals surface area contributed by atoms with Crippen LogP contribution in [0.25, 0.3) is 6.08 Å². The van der Waals surface area contributed by atoms with Gasteiger partial charge in [0.25, 0.3) is 5.91 Å². The largest absolute Gasteiger partial charge is 0.478 e. The molecule has 2 aromatic rings. The van der Waals surface area contributed by atoms with Crippen molar-refractivity contribution in [1.29, 1.82) is 0 Å². The van der Waals surface area contributed by atoms with Gasteiger partial charge in [-0.2, -0.15) is 0 Å². The molecular weight excluding hydrogens is 332 g/mol. The van der Waals surface area contributed by atoms with Crippen LogP contribution in [0.15, 0.2) is 53.7 Å². The van der Waals surface area contributed by atoms with Gasteiger partial charge in [-0.15, -0.1) is 0 Å². The Morgan fingerprint density at radius 3 is 2.61 bits per heavy atom. The molecule has 0 spiro atoms. The lowest BCUT2D eigenvalue weighted by molar-refractivity contribution is -0.113. The number of pyridine rings is 1. The summed E-state index contributed by atoms with van der Waals surface area (Å²) in [4.78, 5) is 29.4. The molecular formula is C16H10N2O3S2. The van der Waals surface area contributed by atoms with Gasteiger partial charge in [-0.3, -0.25) is 14.7 Å². The smallest absolute Gasteiger partial charge is 0.335 e. The number of hydrogen-bond donors (Lipinski definition) is 1. The molecule has 0 aliphatic carbocycles. The van der Waals surface area contributed by atoms with Crippen molar-refractivity contribution < 1.29 is 14.7 Å². The average molecular weight is 342 g/mol. The van der Waals surface area contributed by atoms with E-state index >= 15 is 0 Å². The van der Waals surface area contributed by atoms with E-state index in [0.717, 1.165) is 5.56 Å². The Morgan fingerprint density at radius 2 is 2.00 bits per heavy atom. The van der Waals surface area contributed by atoms with E-state index in [0.29, 0.717) is 14.9 Å². The van der Waals surface area contributed by atoms with Gasteiger partial charge in [-0.1, -0.05) is 30.0 Å². The first kappa shape index (κ1) is 15.4. The van der Waals surface area contributed by atoms with Gasteiger partial charge in [0.15, 0.2) is 4.32 Å². The van der Waals surface area contributed by atoms with Gasteiger partial charge in [-0.05, 0) is 42.0 Å². The van der Waals surface area contributed by atoms with E-state index in [1.54, 1.807) is 36.7 Å². The number of carboxylic acid groups (broad SMARTS) is 1. The third-order valence-electron chi connectivity index (χ3n) is 3.15. The third kappa shape index (κ3) is 3.15. The van der Waals surface area contributed by atoms with Gasteiger partial charge in [0.1, 0.15) is 0 Å². The van der Waals surface area contributed by atoms with Gasteiger partial charge in [-0.25, -0.2) is 4.79 Å². The summed E-state index contributed by atoms with van der Waals surface area (Å²) >= 11 is 6.48. The summed E-state index contributed by atoms with van der Waals surface area (Å²) in [5.74, 6) is -1.25. The van der Waals surface area contributed by atoms with Crippen molar-refractivity contribution in [3.63, 3.8) is 0 Å². The van der Waals surface area contributed by atoms with Crippen molar-refractivity contribution in [1.82, 2.24) is 4.98 Å². The number of nitrogens with zero attached hydrogens (tertiary/aromatic N) is 2. The number of thiocarbonyl (C=S) groups is 1. The van der Waals surface area contributed by atoms with Crippen molar-refractivity contribution in [3.05, 3.63) is 64.8 Å². The maximum Gasteiger partial charge on any atom is 0.335 e. The summed E-state index contributed by atoms with van der Waals surface area (Å²) < 4.78 is 0.410. The lowest BCUT2D eigenvalue weighted by Crippen LogP contribution is -2.27. The third-order valence-corrected chi connectivity index (χ3v) is 4.45. The van der Waals surface area contributed by atoms with E-state index in [-0.39, 0.29) is 11.5 Å². The predicted molar refractivity (Wildman–Crippen MR) is 93.3 cm³/mol. The molecule has 2 heterocycles. The molecule has 1 aromatic carbocycles. The highest BCUT2D eigenvalue weighted by molar-refractivity contribution is 8.27. The fraction of sp³-hybridized carbons (Fsp3) is 0. The number of anilines is 1. The van der Waals surface area contributed by atoms with E-state index in [4.69, 9.17) is 17.3 Å². The molecule has 1 N–H and O–H groups in total. The van der Waals surface area contributed by atoms with Crippen molar-refractivity contribution in [3.8, 4) is 0 Å². The first-order chi connectivity index (χ1) is 11.1. The molecule has 0 saturated carbocycles. The number of rotatable bonds is 3. The molecule has 0 bridgehead atoms. The Morgan fingerprint density at radius 1 is 1.26 bits per heavy atom. The van der Waals surface area contributed by atoms with Crippen molar-refractivity contribution >= 4 is 51.9 Å². The second kappa shape index (κ2) is 6.31. The van der Waals surface area contributed by atoms with Gasteiger partial charge >= 0.3 is 5.97 Å². The normalized spacial score (nSPS) is 16.2. The topological polar surface area (TPSA) is 70.5 Å². The molecule has 7 heteroatoms. The van der Waals surface area contributed by atoms with Crippen molar-refractivity contribution in [2.24, 2.45) is 0 Å². The van der Waals surface area contributed by atoms with E-state index in [1.807, 2.05) is 6.07 Å². The number of carboxylic acids is 1. The number of benzene rings is 1. The average Bonchev–Trinajstić information content (AvgIpc) is 2.82. The molecule has 114 valence electrons. The molecule has 1 saturated heterocycles. The minimum absolute atomic E-state index is 0.157. The number of aromatic carboxylic acids is 1. The Hall–Kier alpha value is -2.51. The second-order valence-electron chi connectivity index (χ2n) is 4.66. The highest BCUT2D eigenvalue weighted by atomic mass is 32.2. The fourth-order valence-corrected chi connectivity index (χ4v) is 3.36. The zero-order chi connectivity index (χ0) is 16.4. The monoisotopic (exact) mass is 342 g/mol. The van der Waals surface area contributed by atoms with Crippen LogP contribution in [0.1, 0.15) is 15.9 Å². The van der Waals surface area contributed by atoms with Crippen LogP contribution in [0.3, 0.4) is 0 Å². The van der Waals surface area contributed by atoms with Crippen LogP contribution >= 0.6 is 24.0 Å². The lowest BCUT2D eigenvalue weighted by Gasteiger charge is -2.14.